The van der Waals surface area contributed by atoms with Crippen LogP contribution in [0.15, 0.2) is 24.3 Å². The van der Waals surface area contributed by atoms with Gasteiger partial charge in [-0.25, -0.2) is 4.39 Å². The van der Waals surface area contributed by atoms with Gasteiger partial charge in [0.25, 0.3) is 5.91 Å². The van der Waals surface area contributed by atoms with Crippen LogP contribution in [-0.2, 0) is 4.79 Å². The zero-order chi connectivity index (χ0) is 16.3. The Morgan fingerprint density at radius 2 is 2.00 bits per heavy atom. The highest BCUT2D eigenvalue weighted by Gasteiger charge is 2.38. The molecule has 0 spiro atoms. The first-order valence-corrected chi connectivity index (χ1v) is 7.13. The summed E-state index contributed by atoms with van der Waals surface area (Å²) in [5.41, 5.74) is 0.251. The number of benzene rings is 1. The minimum atomic E-state index is -1.59. The molecule has 1 fully saturated rings. The molecule has 2 atom stereocenters. The number of nitrogens with zero attached hydrogens (tertiary/aromatic N) is 1. The Bertz CT molecular complexity index is 552. The normalized spacial score (nSPS) is 18.9. The fraction of sp³-hybridized carbons (Fsp3) is 0.429. The third kappa shape index (κ3) is 3.64. The topological polar surface area (TPSA) is 89.9 Å². The number of rotatable bonds is 4. The Hall–Kier alpha value is -1.93. The predicted octanol–water partition coefficient (Wildman–Crippen LogP) is -0.0530. The summed E-state index contributed by atoms with van der Waals surface area (Å²) in [4.78, 5) is 25.7. The fourth-order valence-corrected chi connectivity index (χ4v) is 2.57. The van der Waals surface area contributed by atoms with Crippen LogP contribution in [0.1, 0.15) is 30.1 Å². The lowest BCUT2D eigenvalue weighted by molar-refractivity contribution is -0.132. The molecule has 0 radical (unpaired) electrons. The molecule has 0 aromatic heterocycles. The van der Waals surface area contributed by atoms with Crippen molar-refractivity contribution in [3.63, 3.8) is 0 Å². The largest absolute Gasteiger partial charge is 0.475 e. The molecule has 1 saturated heterocycles. The third-order valence-corrected chi connectivity index (χ3v) is 3.75. The molecule has 6 nitrogen and oxygen atoms in total. The molecule has 1 heterocycles. The van der Waals surface area contributed by atoms with Crippen molar-refractivity contribution in [2.75, 3.05) is 6.54 Å². The molecule has 8 heteroatoms. The lowest BCUT2D eigenvalue weighted by Crippen LogP contribution is -2.52. The first-order valence-electron chi connectivity index (χ1n) is 7.13. The number of carbonyl (C=O) groups is 2. The second-order valence-electron chi connectivity index (χ2n) is 5.36. The van der Waals surface area contributed by atoms with Crippen molar-refractivity contribution < 1.29 is 24.0 Å². The molecule has 22 heavy (non-hydrogen) atoms. The Morgan fingerprint density at radius 1 is 1.36 bits per heavy atom. The predicted molar refractivity (Wildman–Crippen MR) is 78.3 cm³/mol. The van der Waals surface area contributed by atoms with Crippen molar-refractivity contribution in [1.82, 2.24) is 10.2 Å². The molecule has 1 aliphatic heterocycles. The number of hydrogen-bond donors (Lipinski definition) is 3. The van der Waals surface area contributed by atoms with Crippen LogP contribution >= 0.6 is 0 Å². The Labute approximate surface area is 128 Å². The second-order valence-corrected chi connectivity index (χ2v) is 5.36. The summed E-state index contributed by atoms with van der Waals surface area (Å²) in [6, 6.07) is 4.19. The number of carbonyl (C=O) groups excluding carboxylic acids is 2. The van der Waals surface area contributed by atoms with Gasteiger partial charge in [-0.15, -0.1) is 0 Å². The summed E-state index contributed by atoms with van der Waals surface area (Å²) < 4.78 is 12.8. The van der Waals surface area contributed by atoms with Crippen molar-refractivity contribution in [3.8, 4) is 0 Å². The molecule has 1 aromatic carbocycles. The van der Waals surface area contributed by atoms with Crippen molar-refractivity contribution in [2.24, 2.45) is 0 Å². The first kappa shape index (κ1) is 16.4. The van der Waals surface area contributed by atoms with Gasteiger partial charge < -0.3 is 20.3 Å². The monoisotopic (exact) mass is 308 g/mol. The Kier molecular flexibility index (Phi) is 5.15. The van der Waals surface area contributed by atoms with Gasteiger partial charge in [0, 0.05) is 12.1 Å². The quantitative estimate of drug-likeness (QED) is 0.680. The summed E-state index contributed by atoms with van der Waals surface area (Å²) in [7, 11) is -1.59. The molecular formula is C14H18BFN2O4. The van der Waals surface area contributed by atoms with Gasteiger partial charge in [0.2, 0.25) is 5.91 Å². The van der Waals surface area contributed by atoms with Gasteiger partial charge in [0.05, 0.1) is 5.94 Å². The van der Waals surface area contributed by atoms with Gasteiger partial charge in [-0.3, -0.25) is 9.59 Å². The average Bonchev–Trinajstić information content (AvgIpc) is 2.96. The van der Waals surface area contributed by atoms with E-state index in [0.717, 1.165) is 0 Å². The van der Waals surface area contributed by atoms with Crippen LogP contribution in [-0.4, -0.2) is 52.4 Å². The smallest absolute Gasteiger partial charge is 0.426 e. The highest BCUT2D eigenvalue weighted by atomic mass is 19.1. The average molecular weight is 308 g/mol. The minimum absolute atomic E-state index is 0.251. The van der Waals surface area contributed by atoms with Gasteiger partial charge in [-0.05, 0) is 44.0 Å². The van der Waals surface area contributed by atoms with Crippen molar-refractivity contribution in [3.05, 3.63) is 35.6 Å². The standard InChI is InChI=1S/C14H18BFN2O4/c1-9(14(20)18-8-2-3-12(18)15(21)22)17-13(19)10-4-6-11(16)7-5-10/h4-7,9,12,21-22H,2-3,8H2,1H3,(H,17,19)/t9-,12+/m1/s1. The highest BCUT2D eigenvalue weighted by Crippen LogP contribution is 2.19. The lowest BCUT2D eigenvalue weighted by atomic mass is 9.78. The van der Waals surface area contributed by atoms with E-state index in [2.05, 4.69) is 5.32 Å². The van der Waals surface area contributed by atoms with E-state index in [1.54, 1.807) is 0 Å². The molecule has 1 aromatic rings. The molecule has 0 saturated carbocycles. The third-order valence-electron chi connectivity index (χ3n) is 3.75. The molecular weight excluding hydrogens is 290 g/mol. The van der Waals surface area contributed by atoms with Crippen molar-refractivity contribution >= 4 is 18.9 Å². The van der Waals surface area contributed by atoms with Crippen LogP contribution in [0.3, 0.4) is 0 Å². The SMILES string of the molecule is C[C@@H](NC(=O)c1ccc(F)cc1)C(=O)N1CCC[C@H]1B(O)O. The fourth-order valence-electron chi connectivity index (χ4n) is 2.57. The summed E-state index contributed by atoms with van der Waals surface area (Å²) in [6.07, 6.45) is 1.20. The van der Waals surface area contributed by atoms with Crippen LogP contribution < -0.4 is 5.32 Å². The molecule has 2 amide bonds. The minimum Gasteiger partial charge on any atom is -0.426 e. The summed E-state index contributed by atoms with van der Waals surface area (Å²) in [6.45, 7) is 1.96. The zero-order valence-electron chi connectivity index (χ0n) is 12.2. The van der Waals surface area contributed by atoms with E-state index in [0.29, 0.717) is 19.4 Å². The molecule has 0 aliphatic carbocycles. The van der Waals surface area contributed by atoms with E-state index in [9.17, 15) is 24.0 Å². The lowest BCUT2D eigenvalue weighted by Gasteiger charge is -2.27. The maximum atomic E-state index is 12.8. The van der Waals surface area contributed by atoms with Crippen molar-refractivity contribution in [1.29, 1.82) is 0 Å². The van der Waals surface area contributed by atoms with E-state index in [1.165, 1.54) is 36.1 Å². The van der Waals surface area contributed by atoms with Crippen LogP contribution in [0.4, 0.5) is 4.39 Å². The summed E-state index contributed by atoms with van der Waals surface area (Å²) >= 11 is 0. The molecule has 2 rings (SSSR count). The van der Waals surface area contributed by atoms with Gasteiger partial charge in [-0.2, -0.15) is 0 Å². The number of hydrogen-bond acceptors (Lipinski definition) is 4. The summed E-state index contributed by atoms with van der Waals surface area (Å²) in [5, 5.41) is 21.1. The van der Waals surface area contributed by atoms with Crippen molar-refractivity contribution in [2.45, 2.75) is 31.7 Å². The second kappa shape index (κ2) is 6.89. The number of likely N-dealkylation sites (tertiary alicyclic amines) is 1. The van der Waals surface area contributed by atoms with Crippen LogP contribution in [0.2, 0.25) is 0 Å². The van der Waals surface area contributed by atoms with E-state index >= 15 is 0 Å². The van der Waals surface area contributed by atoms with E-state index in [-0.39, 0.29) is 11.5 Å². The molecule has 0 unspecified atom stereocenters. The summed E-state index contributed by atoms with van der Waals surface area (Å²) in [5.74, 6) is -1.94. The van der Waals surface area contributed by atoms with Gasteiger partial charge >= 0.3 is 7.12 Å². The number of amides is 2. The highest BCUT2D eigenvalue weighted by molar-refractivity contribution is 6.43. The van der Waals surface area contributed by atoms with E-state index in [4.69, 9.17) is 0 Å². The first-order chi connectivity index (χ1) is 10.4. The maximum Gasteiger partial charge on any atom is 0.475 e. The maximum absolute atomic E-state index is 12.8. The molecule has 0 bridgehead atoms. The zero-order valence-corrected chi connectivity index (χ0v) is 12.2. The Balaban J connectivity index is 1.99. The van der Waals surface area contributed by atoms with Gasteiger partial charge in [-0.1, -0.05) is 0 Å². The van der Waals surface area contributed by atoms with Crippen LogP contribution in [0.5, 0.6) is 0 Å². The Morgan fingerprint density at radius 3 is 2.59 bits per heavy atom. The molecule has 118 valence electrons. The molecule has 1 aliphatic rings. The number of nitrogens with one attached hydrogen (secondary N) is 1. The van der Waals surface area contributed by atoms with E-state index < -0.39 is 30.8 Å². The van der Waals surface area contributed by atoms with E-state index in [1.807, 2.05) is 0 Å². The molecule has 3 N–H and O–H groups in total. The van der Waals surface area contributed by atoms with Gasteiger partial charge in [0.15, 0.2) is 0 Å². The van der Waals surface area contributed by atoms with Crippen LogP contribution in [0, 0.1) is 5.82 Å². The van der Waals surface area contributed by atoms with Crippen LogP contribution in [0.25, 0.3) is 0 Å². The van der Waals surface area contributed by atoms with Gasteiger partial charge in [0.1, 0.15) is 11.9 Å². The number of halogens is 1.